The first kappa shape index (κ1) is 21.1. The van der Waals surface area contributed by atoms with Crippen LogP contribution in [-0.2, 0) is 5.41 Å². The van der Waals surface area contributed by atoms with Crippen LogP contribution in [0, 0.1) is 0 Å². The van der Waals surface area contributed by atoms with Crippen molar-refractivity contribution in [3.8, 4) is 11.5 Å². The summed E-state index contributed by atoms with van der Waals surface area (Å²) in [5.74, 6) is 1.84. The Morgan fingerprint density at radius 1 is 0.815 bits per heavy atom. The summed E-state index contributed by atoms with van der Waals surface area (Å²) in [5, 5.41) is 3.40. The number of hydrogen-bond acceptors (Lipinski definition) is 3. The van der Waals surface area contributed by atoms with Crippen molar-refractivity contribution in [1.29, 1.82) is 0 Å². The van der Waals surface area contributed by atoms with Crippen molar-refractivity contribution in [1.82, 2.24) is 0 Å². The molecule has 0 bridgehead atoms. The second-order valence-corrected chi connectivity index (χ2v) is 7.99. The van der Waals surface area contributed by atoms with Crippen LogP contribution in [-0.4, -0.2) is 19.8 Å². The minimum atomic E-state index is 0.170. The van der Waals surface area contributed by atoms with Crippen molar-refractivity contribution in [2.45, 2.75) is 58.8 Å². The molecule has 0 spiro atoms. The highest BCUT2D eigenvalue weighted by molar-refractivity contribution is 5.48. The number of benzene rings is 2. The van der Waals surface area contributed by atoms with Crippen LogP contribution in [0.25, 0.3) is 0 Å². The van der Waals surface area contributed by atoms with Crippen molar-refractivity contribution in [2.24, 2.45) is 0 Å². The van der Waals surface area contributed by atoms with E-state index in [-0.39, 0.29) is 5.41 Å². The number of nitrogens with one attached hydrogen (secondary N) is 1. The molecule has 27 heavy (non-hydrogen) atoms. The molecular weight excluding hydrogens is 334 g/mol. The van der Waals surface area contributed by atoms with E-state index in [1.165, 1.54) is 24.8 Å². The van der Waals surface area contributed by atoms with Gasteiger partial charge in [-0.05, 0) is 41.7 Å². The third-order valence-electron chi connectivity index (χ3n) is 4.52. The predicted molar refractivity (Wildman–Crippen MR) is 115 cm³/mol. The van der Waals surface area contributed by atoms with Gasteiger partial charge in [-0.25, -0.2) is 0 Å². The molecule has 0 aromatic heterocycles. The molecule has 0 atom stereocenters. The van der Waals surface area contributed by atoms with Crippen LogP contribution in [0.15, 0.2) is 48.5 Å². The molecule has 0 aliphatic heterocycles. The molecule has 0 saturated carbocycles. The molecule has 0 fully saturated rings. The molecule has 0 amide bonds. The molecule has 148 valence electrons. The van der Waals surface area contributed by atoms with Crippen LogP contribution in [0.5, 0.6) is 11.5 Å². The third-order valence-corrected chi connectivity index (χ3v) is 4.52. The number of rotatable bonds is 11. The summed E-state index contributed by atoms with van der Waals surface area (Å²) in [4.78, 5) is 0. The Hall–Kier alpha value is -2.16. The monoisotopic (exact) mass is 369 g/mol. The minimum Gasteiger partial charge on any atom is -0.494 e. The Kier molecular flexibility index (Phi) is 8.50. The summed E-state index contributed by atoms with van der Waals surface area (Å²) in [6, 6.07) is 16.5. The molecule has 0 aliphatic rings. The van der Waals surface area contributed by atoms with Gasteiger partial charge in [0.25, 0.3) is 0 Å². The number of ether oxygens (including phenoxy) is 2. The van der Waals surface area contributed by atoms with Gasteiger partial charge in [0, 0.05) is 18.3 Å². The maximum atomic E-state index is 5.84. The molecular formula is C24H35NO2. The standard InChI is InChI=1S/C24H35NO2/c1-5-6-7-8-17-26-23-11-9-10-21(19-23)25-16-18-27-22-14-12-20(13-15-22)24(2,3)4/h9-15,19,25H,5-8,16-18H2,1-4H3. The molecule has 2 aromatic rings. The van der Waals surface area contributed by atoms with Gasteiger partial charge in [0.15, 0.2) is 0 Å². The van der Waals surface area contributed by atoms with Gasteiger partial charge >= 0.3 is 0 Å². The molecule has 3 nitrogen and oxygen atoms in total. The summed E-state index contributed by atoms with van der Waals surface area (Å²) in [6.07, 6.45) is 4.89. The van der Waals surface area contributed by atoms with Crippen LogP contribution >= 0.6 is 0 Å². The largest absolute Gasteiger partial charge is 0.494 e. The highest BCUT2D eigenvalue weighted by atomic mass is 16.5. The maximum Gasteiger partial charge on any atom is 0.121 e. The van der Waals surface area contributed by atoms with Gasteiger partial charge in [0.1, 0.15) is 18.1 Å². The lowest BCUT2D eigenvalue weighted by Gasteiger charge is -2.19. The summed E-state index contributed by atoms with van der Waals surface area (Å²) in [6.45, 7) is 11.0. The second kappa shape index (κ2) is 10.9. The lowest BCUT2D eigenvalue weighted by Crippen LogP contribution is -2.12. The quantitative estimate of drug-likeness (QED) is 0.463. The van der Waals surface area contributed by atoms with Gasteiger partial charge < -0.3 is 14.8 Å². The third kappa shape index (κ3) is 7.94. The van der Waals surface area contributed by atoms with Crippen LogP contribution in [0.3, 0.4) is 0 Å². The van der Waals surface area contributed by atoms with Gasteiger partial charge in [0.2, 0.25) is 0 Å². The van der Waals surface area contributed by atoms with Crippen molar-refractivity contribution in [3.63, 3.8) is 0 Å². The normalized spacial score (nSPS) is 11.3. The second-order valence-electron chi connectivity index (χ2n) is 7.99. The number of hydrogen-bond donors (Lipinski definition) is 1. The topological polar surface area (TPSA) is 30.5 Å². The van der Waals surface area contributed by atoms with Crippen molar-refractivity contribution < 1.29 is 9.47 Å². The average molecular weight is 370 g/mol. The molecule has 2 aromatic carbocycles. The fourth-order valence-corrected chi connectivity index (χ4v) is 2.83. The average Bonchev–Trinajstić information content (AvgIpc) is 2.65. The molecule has 0 unspecified atom stereocenters. The van der Waals surface area contributed by atoms with E-state index in [1.807, 2.05) is 24.3 Å². The van der Waals surface area contributed by atoms with Crippen LogP contribution in [0.1, 0.15) is 58.9 Å². The Balaban J connectivity index is 1.70. The molecule has 0 radical (unpaired) electrons. The number of unbranched alkanes of at least 4 members (excludes halogenated alkanes) is 3. The van der Waals surface area contributed by atoms with Gasteiger partial charge in [0.05, 0.1) is 6.61 Å². The van der Waals surface area contributed by atoms with Gasteiger partial charge in [-0.2, -0.15) is 0 Å². The Bertz CT molecular complexity index is 659. The van der Waals surface area contributed by atoms with Gasteiger partial charge in [-0.1, -0.05) is 65.2 Å². The smallest absolute Gasteiger partial charge is 0.121 e. The molecule has 0 saturated heterocycles. The highest BCUT2D eigenvalue weighted by Crippen LogP contribution is 2.24. The van der Waals surface area contributed by atoms with E-state index in [2.05, 4.69) is 57.3 Å². The summed E-state index contributed by atoms with van der Waals surface area (Å²) in [7, 11) is 0. The van der Waals surface area contributed by atoms with E-state index in [4.69, 9.17) is 9.47 Å². The molecule has 0 aliphatic carbocycles. The van der Waals surface area contributed by atoms with Crippen molar-refractivity contribution in [3.05, 3.63) is 54.1 Å². The molecule has 3 heteroatoms. The predicted octanol–water partition coefficient (Wildman–Crippen LogP) is 6.43. The zero-order valence-corrected chi connectivity index (χ0v) is 17.4. The lowest BCUT2D eigenvalue weighted by atomic mass is 9.87. The molecule has 2 rings (SSSR count). The Labute approximate surface area is 165 Å². The maximum absolute atomic E-state index is 5.84. The lowest BCUT2D eigenvalue weighted by molar-refractivity contribution is 0.305. The first-order valence-electron chi connectivity index (χ1n) is 10.2. The van der Waals surface area contributed by atoms with Gasteiger partial charge in [-0.3, -0.25) is 0 Å². The Morgan fingerprint density at radius 2 is 1.56 bits per heavy atom. The van der Waals surface area contributed by atoms with Crippen LogP contribution in [0.4, 0.5) is 5.69 Å². The fourth-order valence-electron chi connectivity index (χ4n) is 2.83. The van der Waals surface area contributed by atoms with Crippen LogP contribution < -0.4 is 14.8 Å². The van der Waals surface area contributed by atoms with Crippen molar-refractivity contribution >= 4 is 5.69 Å². The van der Waals surface area contributed by atoms with Crippen molar-refractivity contribution in [2.75, 3.05) is 25.1 Å². The molecule has 0 heterocycles. The minimum absolute atomic E-state index is 0.170. The fraction of sp³-hybridized carbons (Fsp3) is 0.500. The zero-order valence-electron chi connectivity index (χ0n) is 17.4. The van der Waals surface area contributed by atoms with E-state index in [0.717, 1.165) is 36.8 Å². The zero-order chi connectivity index (χ0) is 19.5. The highest BCUT2D eigenvalue weighted by Gasteiger charge is 2.12. The van der Waals surface area contributed by atoms with Crippen LogP contribution in [0.2, 0.25) is 0 Å². The first-order chi connectivity index (χ1) is 13.0. The SMILES string of the molecule is CCCCCCOc1cccc(NCCOc2ccc(C(C)(C)C)cc2)c1. The Morgan fingerprint density at radius 3 is 2.26 bits per heavy atom. The summed E-state index contributed by atoms with van der Waals surface area (Å²) >= 11 is 0. The van der Waals surface area contributed by atoms with E-state index in [0.29, 0.717) is 6.61 Å². The van der Waals surface area contributed by atoms with E-state index < -0.39 is 0 Å². The number of anilines is 1. The molecule has 1 N–H and O–H groups in total. The summed E-state index contributed by atoms with van der Waals surface area (Å²) in [5.41, 5.74) is 2.55. The van der Waals surface area contributed by atoms with E-state index >= 15 is 0 Å². The van der Waals surface area contributed by atoms with E-state index in [1.54, 1.807) is 0 Å². The summed E-state index contributed by atoms with van der Waals surface area (Å²) < 4.78 is 11.7. The van der Waals surface area contributed by atoms with Gasteiger partial charge in [-0.15, -0.1) is 0 Å². The van der Waals surface area contributed by atoms with E-state index in [9.17, 15) is 0 Å². The first-order valence-corrected chi connectivity index (χ1v) is 10.2.